The molecule has 0 unspecified atom stereocenters. The van der Waals surface area contributed by atoms with Crippen molar-refractivity contribution < 1.29 is 0 Å². The maximum absolute atomic E-state index is 5.35. The Balaban J connectivity index is 2.33. The number of rotatable bonds is 3. The molecule has 5 heteroatoms. The lowest BCUT2D eigenvalue weighted by atomic mass is 10.2. The largest absolute Gasteiger partial charge is 0.292 e. The van der Waals surface area contributed by atoms with Crippen molar-refractivity contribution in [2.45, 2.75) is 30.7 Å². The van der Waals surface area contributed by atoms with Crippen LogP contribution in [0.5, 0.6) is 0 Å². The topological polar surface area (TPSA) is 63.8 Å². The van der Waals surface area contributed by atoms with Crippen molar-refractivity contribution in [2.75, 3.05) is 5.43 Å². The molecule has 0 radical (unpaired) electrons. The van der Waals surface area contributed by atoms with Gasteiger partial charge in [0.2, 0.25) is 5.95 Å². The summed E-state index contributed by atoms with van der Waals surface area (Å²) in [7, 11) is 0. The molecule has 0 aliphatic heterocycles. The van der Waals surface area contributed by atoms with E-state index < -0.39 is 0 Å². The van der Waals surface area contributed by atoms with Gasteiger partial charge in [-0.2, -0.15) is 0 Å². The van der Waals surface area contributed by atoms with E-state index >= 15 is 0 Å². The van der Waals surface area contributed by atoms with Gasteiger partial charge in [-0.05, 0) is 44.0 Å². The van der Waals surface area contributed by atoms with Crippen LogP contribution in [0.1, 0.15) is 16.8 Å². The fourth-order valence-corrected chi connectivity index (χ4v) is 2.65. The summed E-state index contributed by atoms with van der Waals surface area (Å²) in [6, 6.07) is 8.34. The molecular weight excluding hydrogens is 244 g/mol. The third kappa shape index (κ3) is 3.00. The predicted octanol–water partition coefficient (Wildman–Crippen LogP) is 2.84. The Morgan fingerprint density at radius 1 is 1.11 bits per heavy atom. The van der Waals surface area contributed by atoms with Crippen LogP contribution in [0.2, 0.25) is 0 Å². The first kappa shape index (κ1) is 12.9. The van der Waals surface area contributed by atoms with E-state index in [0.717, 1.165) is 10.7 Å². The number of nitrogens with zero attached hydrogens (tertiary/aromatic N) is 2. The average Bonchev–Trinajstić information content (AvgIpc) is 2.33. The predicted molar refractivity (Wildman–Crippen MR) is 74.6 cm³/mol. The Labute approximate surface area is 111 Å². The minimum absolute atomic E-state index is 0.447. The second kappa shape index (κ2) is 5.37. The van der Waals surface area contributed by atoms with Crippen LogP contribution in [-0.2, 0) is 0 Å². The summed E-state index contributed by atoms with van der Waals surface area (Å²) >= 11 is 1.63. The normalized spacial score (nSPS) is 10.4. The van der Waals surface area contributed by atoms with Crippen molar-refractivity contribution in [3.8, 4) is 0 Å². The third-order valence-electron chi connectivity index (χ3n) is 2.52. The zero-order valence-corrected chi connectivity index (χ0v) is 11.5. The second-order valence-electron chi connectivity index (χ2n) is 4.19. The number of benzene rings is 1. The van der Waals surface area contributed by atoms with Crippen LogP contribution >= 0.6 is 11.8 Å². The van der Waals surface area contributed by atoms with Crippen molar-refractivity contribution in [3.63, 3.8) is 0 Å². The molecule has 1 aromatic carbocycles. The number of nitrogen functional groups attached to an aromatic ring is 1. The highest BCUT2D eigenvalue weighted by atomic mass is 32.2. The van der Waals surface area contributed by atoms with Crippen LogP contribution in [0.25, 0.3) is 0 Å². The van der Waals surface area contributed by atoms with Gasteiger partial charge in [0.1, 0.15) is 5.03 Å². The standard InChI is InChI=1S/C13H16N4S/c1-8-4-5-9(2)11(6-8)18-12-7-10(3)15-13(16-12)17-14/h4-7H,14H2,1-3H3,(H,15,16,17). The van der Waals surface area contributed by atoms with Crippen molar-refractivity contribution in [1.29, 1.82) is 0 Å². The van der Waals surface area contributed by atoms with E-state index in [1.807, 2.05) is 13.0 Å². The summed E-state index contributed by atoms with van der Waals surface area (Å²) in [5, 5.41) is 0.893. The number of nitrogens with one attached hydrogen (secondary N) is 1. The van der Waals surface area contributed by atoms with Crippen molar-refractivity contribution in [3.05, 3.63) is 41.1 Å². The SMILES string of the molecule is Cc1ccc(C)c(Sc2cc(C)nc(NN)n2)c1. The van der Waals surface area contributed by atoms with Crippen LogP contribution < -0.4 is 11.3 Å². The molecule has 0 amide bonds. The number of aryl methyl sites for hydroxylation is 3. The van der Waals surface area contributed by atoms with Crippen LogP contribution in [0.15, 0.2) is 34.2 Å². The molecular formula is C13H16N4S. The van der Waals surface area contributed by atoms with E-state index in [0.29, 0.717) is 5.95 Å². The van der Waals surface area contributed by atoms with Gasteiger partial charge in [0.25, 0.3) is 0 Å². The summed E-state index contributed by atoms with van der Waals surface area (Å²) in [5.74, 6) is 5.80. The molecule has 0 saturated heterocycles. The fraction of sp³-hybridized carbons (Fsp3) is 0.231. The van der Waals surface area contributed by atoms with Gasteiger partial charge in [-0.1, -0.05) is 23.9 Å². The van der Waals surface area contributed by atoms with E-state index in [1.165, 1.54) is 16.0 Å². The Kier molecular flexibility index (Phi) is 3.84. The summed E-state index contributed by atoms with van der Waals surface area (Å²) in [6.07, 6.45) is 0. The lowest BCUT2D eigenvalue weighted by Crippen LogP contribution is -2.11. The molecule has 4 nitrogen and oxygen atoms in total. The maximum atomic E-state index is 5.35. The molecule has 94 valence electrons. The molecule has 2 aromatic rings. The highest BCUT2D eigenvalue weighted by Crippen LogP contribution is 2.30. The molecule has 1 aromatic heterocycles. The number of anilines is 1. The van der Waals surface area contributed by atoms with E-state index in [1.54, 1.807) is 11.8 Å². The Morgan fingerprint density at radius 2 is 1.89 bits per heavy atom. The molecule has 0 spiro atoms. The minimum atomic E-state index is 0.447. The molecule has 0 aliphatic carbocycles. The van der Waals surface area contributed by atoms with Gasteiger partial charge < -0.3 is 0 Å². The summed E-state index contributed by atoms with van der Waals surface area (Å²) in [6.45, 7) is 6.11. The highest BCUT2D eigenvalue weighted by molar-refractivity contribution is 7.99. The molecule has 18 heavy (non-hydrogen) atoms. The lowest BCUT2D eigenvalue weighted by molar-refractivity contribution is 0.993. The van der Waals surface area contributed by atoms with E-state index in [2.05, 4.69) is 47.4 Å². The van der Waals surface area contributed by atoms with Gasteiger partial charge in [-0.25, -0.2) is 15.8 Å². The zero-order valence-electron chi connectivity index (χ0n) is 10.7. The Bertz CT molecular complexity index is 569. The summed E-state index contributed by atoms with van der Waals surface area (Å²) in [5.41, 5.74) is 5.86. The van der Waals surface area contributed by atoms with E-state index in [9.17, 15) is 0 Å². The Hall–Kier alpha value is -1.59. The number of hydrogen-bond acceptors (Lipinski definition) is 5. The number of hydrogen-bond donors (Lipinski definition) is 2. The monoisotopic (exact) mass is 260 g/mol. The molecule has 0 bridgehead atoms. The first-order chi connectivity index (χ1) is 8.58. The molecule has 0 atom stereocenters. The Morgan fingerprint density at radius 3 is 2.61 bits per heavy atom. The van der Waals surface area contributed by atoms with Gasteiger partial charge >= 0.3 is 0 Å². The molecule has 1 heterocycles. The van der Waals surface area contributed by atoms with Crippen molar-refractivity contribution in [1.82, 2.24) is 9.97 Å². The van der Waals surface area contributed by atoms with Crippen LogP contribution in [0.3, 0.4) is 0 Å². The molecule has 0 fully saturated rings. The minimum Gasteiger partial charge on any atom is -0.292 e. The van der Waals surface area contributed by atoms with E-state index in [-0.39, 0.29) is 0 Å². The van der Waals surface area contributed by atoms with Crippen LogP contribution in [0.4, 0.5) is 5.95 Å². The molecule has 3 N–H and O–H groups in total. The number of hydrazine groups is 1. The number of nitrogens with two attached hydrogens (primary N) is 1. The van der Waals surface area contributed by atoms with Gasteiger partial charge in [-0.15, -0.1) is 0 Å². The third-order valence-corrected chi connectivity index (χ3v) is 3.60. The van der Waals surface area contributed by atoms with Gasteiger partial charge in [0.15, 0.2) is 0 Å². The molecule has 2 rings (SSSR count). The summed E-state index contributed by atoms with van der Waals surface area (Å²) in [4.78, 5) is 9.71. The number of aromatic nitrogens is 2. The molecule has 0 aliphatic rings. The lowest BCUT2D eigenvalue weighted by Gasteiger charge is -2.08. The first-order valence-electron chi connectivity index (χ1n) is 5.66. The smallest absolute Gasteiger partial charge is 0.238 e. The summed E-state index contributed by atoms with van der Waals surface area (Å²) < 4.78 is 0. The van der Waals surface area contributed by atoms with Gasteiger partial charge in [0.05, 0.1) is 0 Å². The van der Waals surface area contributed by atoms with Gasteiger partial charge in [0, 0.05) is 10.6 Å². The average molecular weight is 260 g/mol. The fourth-order valence-electron chi connectivity index (χ4n) is 1.59. The second-order valence-corrected chi connectivity index (χ2v) is 5.25. The zero-order chi connectivity index (χ0) is 13.1. The molecule has 0 saturated carbocycles. The van der Waals surface area contributed by atoms with Crippen molar-refractivity contribution in [2.24, 2.45) is 5.84 Å². The first-order valence-corrected chi connectivity index (χ1v) is 6.47. The maximum Gasteiger partial charge on any atom is 0.238 e. The van der Waals surface area contributed by atoms with Gasteiger partial charge in [-0.3, -0.25) is 5.43 Å². The van der Waals surface area contributed by atoms with Crippen LogP contribution in [-0.4, -0.2) is 9.97 Å². The van der Waals surface area contributed by atoms with Crippen LogP contribution in [0, 0.1) is 20.8 Å². The van der Waals surface area contributed by atoms with E-state index in [4.69, 9.17) is 5.84 Å². The highest BCUT2D eigenvalue weighted by Gasteiger charge is 2.06. The van der Waals surface area contributed by atoms with Crippen molar-refractivity contribution >= 4 is 17.7 Å². The quantitative estimate of drug-likeness (QED) is 0.505.